The Hall–Kier alpha value is -4.05. The minimum Gasteiger partial charge on any atom is -0.348 e. The van der Waals surface area contributed by atoms with Gasteiger partial charge in [-0.05, 0) is 35.2 Å². The van der Waals surface area contributed by atoms with Crippen molar-refractivity contribution < 1.29 is 9.59 Å². The maximum atomic E-state index is 12.8. The number of amides is 2. The van der Waals surface area contributed by atoms with Crippen LogP contribution >= 0.6 is 0 Å². The zero-order chi connectivity index (χ0) is 20.9. The lowest BCUT2D eigenvalue weighted by atomic mass is 9.99. The first kappa shape index (κ1) is 19.3. The van der Waals surface area contributed by atoms with Crippen molar-refractivity contribution in [2.75, 3.05) is 6.54 Å². The molecule has 4 rings (SSSR count). The van der Waals surface area contributed by atoms with Crippen LogP contribution in [0.25, 0.3) is 0 Å². The zero-order valence-electron chi connectivity index (χ0n) is 16.2. The van der Waals surface area contributed by atoms with E-state index in [4.69, 9.17) is 5.26 Å². The standard InChI is InChI=1S/C23H19N5O2/c24-11-21-25-13-20(14-26-21)22(29)27-12-16-5-7-18(8-6-16)23(30)28-10-9-17-3-1-2-4-19(17)15-28/h1-8,13-14H,9-10,12,15H2,(H,27,29). The molecule has 1 aliphatic heterocycles. The van der Waals surface area contributed by atoms with E-state index < -0.39 is 0 Å². The number of nitrogens with one attached hydrogen (secondary N) is 1. The van der Waals surface area contributed by atoms with Crippen LogP contribution in [0.5, 0.6) is 0 Å². The second-order valence-electron chi connectivity index (χ2n) is 7.03. The zero-order valence-corrected chi connectivity index (χ0v) is 16.2. The Morgan fingerprint density at radius 1 is 1.00 bits per heavy atom. The summed E-state index contributed by atoms with van der Waals surface area (Å²) in [4.78, 5) is 34.4. The SMILES string of the molecule is N#Cc1ncc(C(=O)NCc2ccc(C(=O)N3CCc4ccccc4C3)cc2)cn1. The van der Waals surface area contributed by atoms with Crippen molar-refractivity contribution in [1.82, 2.24) is 20.2 Å². The number of aromatic nitrogens is 2. The van der Waals surface area contributed by atoms with Crippen LogP contribution in [0.3, 0.4) is 0 Å². The van der Waals surface area contributed by atoms with Crippen LogP contribution < -0.4 is 5.32 Å². The van der Waals surface area contributed by atoms with Crippen molar-refractivity contribution in [1.29, 1.82) is 5.26 Å². The highest BCUT2D eigenvalue weighted by Gasteiger charge is 2.21. The Balaban J connectivity index is 1.35. The molecule has 0 saturated heterocycles. The van der Waals surface area contributed by atoms with Gasteiger partial charge in [0.25, 0.3) is 11.8 Å². The van der Waals surface area contributed by atoms with Crippen LogP contribution in [0, 0.1) is 11.3 Å². The number of hydrogen-bond acceptors (Lipinski definition) is 5. The third-order valence-corrected chi connectivity index (χ3v) is 5.09. The van der Waals surface area contributed by atoms with Gasteiger partial charge in [-0.15, -0.1) is 0 Å². The molecule has 0 unspecified atom stereocenters. The lowest BCUT2D eigenvalue weighted by Crippen LogP contribution is -2.35. The fourth-order valence-corrected chi connectivity index (χ4v) is 3.40. The Kier molecular flexibility index (Phi) is 5.48. The molecule has 3 aromatic rings. The Morgan fingerprint density at radius 2 is 1.70 bits per heavy atom. The van der Waals surface area contributed by atoms with Crippen molar-refractivity contribution in [2.24, 2.45) is 0 Å². The summed E-state index contributed by atoms with van der Waals surface area (Å²) in [5.41, 5.74) is 4.29. The summed E-state index contributed by atoms with van der Waals surface area (Å²) in [6.45, 7) is 1.64. The van der Waals surface area contributed by atoms with Crippen molar-refractivity contribution in [2.45, 2.75) is 19.5 Å². The first-order valence-electron chi connectivity index (χ1n) is 9.59. The van der Waals surface area contributed by atoms with Gasteiger partial charge in [-0.25, -0.2) is 9.97 Å². The number of hydrogen-bond donors (Lipinski definition) is 1. The second-order valence-corrected chi connectivity index (χ2v) is 7.03. The molecule has 2 heterocycles. The van der Waals surface area contributed by atoms with Crippen molar-refractivity contribution >= 4 is 11.8 Å². The van der Waals surface area contributed by atoms with Gasteiger partial charge in [0, 0.05) is 37.6 Å². The molecule has 0 aliphatic carbocycles. The largest absolute Gasteiger partial charge is 0.348 e. The third kappa shape index (κ3) is 4.18. The highest BCUT2D eigenvalue weighted by Crippen LogP contribution is 2.20. The van der Waals surface area contributed by atoms with E-state index in [1.54, 1.807) is 12.1 Å². The van der Waals surface area contributed by atoms with Gasteiger partial charge in [-0.1, -0.05) is 36.4 Å². The topological polar surface area (TPSA) is 99.0 Å². The number of rotatable bonds is 4. The highest BCUT2D eigenvalue weighted by atomic mass is 16.2. The van der Waals surface area contributed by atoms with Crippen LogP contribution in [0.2, 0.25) is 0 Å². The van der Waals surface area contributed by atoms with Gasteiger partial charge in [-0.2, -0.15) is 5.26 Å². The van der Waals surface area contributed by atoms with Crippen molar-refractivity contribution in [3.05, 3.63) is 94.6 Å². The summed E-state index contributed by atoms with van der Waals surface area (Å²) in [7, 11) is 0. The summed E-state index contributed by atoms with van der Waals surface area (Å²) < 4.78 is 0. The van der Waals surface area contributed by atoms with Crippen LogP contribution in [-0.4, -0.2) is 33.2 Å². The minimum atomic E-state index is -0.327. The maximum absolute atomic E-state index is 12.8. The Labute approximate surface area is 174 Å². The molecular weight excluding hydrogens is 378 g/mol. The first-order valence-corrected chi connectivity index (χ1v) is 9.59. The number of benzene rings is 2. The molecule has 2 amide bonds. The normalized spacial score (nSPS) is 12.6. The van der Waals surface area contributed by atoms with Crippen molar-refractivity contribution in [3.63, 3.8) is 0 Å². The lowest BCUT2D eigenvalue weighted by molar-refractivity contribution is 0.0734. The molecule has 0 bridgehead atoms. The Morgan fingerprint density at radius 3 is 2.40 bits per heavy atom. The summed E-state index contributed by atoms with van der Waals surface area (Å²) >= 11 is 0. The molecule has 1 aromatic heterocycles. The van der Waals surface area contributed by atoms with Crippen LogP contribution in [-0.2, 0) is 19.5 Å². The van der Waals surface area contributed by atoms with Gasteiger partial charge in [0.1, 0.15) is 6.07 Å². The van der Waals surface area contributed by atoms with E-state index in [1.165, 1.54) is 23.5 Å². The van der Waals surface area contributed by atoms with Gasteiger partial charge < -0.3 is 10.2 Å². The van der Waals surface area contributed by atoms with Gasteiger partial charge in [-0.3, -0.25) is 9.59 Å². The number of nitriles is 1. The average Bonchev–Trinajstić information content (AvgIpc) is 2.82. The van der Waals surface area contributed by atoms with Crippen LogP contribution in [0.1, 0.15) is 43.2 Å². The molecule has 1 aliphatic rings. The molecule has 0 fully saturated rings. The predicted octanol–water partition coefficient (Wildman–Crippen LogP) is 2.48. The molecule has 0 radical (unpaired) electrons. The summed E-state index contributed by atoms with van der Waals surface area (Å²) in [5.74, 6) is -0.301. The minimum absolute atomic E-state index is 0.00909. The molecule has 2 aromatic carbocycles. The van der Waals surface area contributed by atoms with Crippen molar-refractivity contribution in [3.8, 4) is 6.07 Å². The van der Waals surface area contributed by atoms with E-state index >= 15 is 0 Å². The molecule has 0 saturated carbocycles. The monoisotopic (exact) mass is 397 g/mol. The molecule has 7 heteroatoms. The quantitative estimate of drug-likeness (QED) is 0.729. The van der Waals surface area contributed by atoms with Gasteiger partial charge >= 0.3 is 0 Å². The van der Waals surface area contributed by atoms with Crippen LogP contribution in [0.4, 0.5) is 0 Å². The van der Waals surface area contributed by atoms with Gasteiger partial charge in [0.15, 0.2) is 0 Å². The van der Waals surface area contributed by atoms with E-state index in [9.17, 15) is 9.59 Å². The van der Waals surface area contributed by atoms with E-state index in [1.807, 2.05) is 35.2 Å². The van der Waals surface area contributed by atoms with Gasteiger partial charge in [0.05, 0.1) is 5.56 Å². The van der Waals surface area contributed by atoms with E-state index in [-0.39, 0.29) is 23.2 Å². The molecule has 148 valence electrons. The fraction of sp³-hybridized carbons (Fsp3) is 0.174. The van der Waals surface area contributed by atoms with E-state index in [0.29, 0.717) is 25.2 Å². The first-order chi connectivity index (χ1) is 14.6. The predicted molar refractivity (Wildman–Crippen MR) is 109 cm³/mol. The smallest absolute Gasteiger partial charge is 0.254 e. The summed E-state index contributed by atoms with van der Waals surface area (Å²) in [6, 6.07) is 17.3. The molecule has 0 spiro atoms. The molecule has 1 N–H and O–H groups in total. The second kappa shape index (κ2) is 8.53. The highest BCUT2D eigenvalue weighted by molar-refractivity contribution is 5.94. The molecule has 30 heavy (non-hydrogen) atoms. The van der Waals surface area contributed by atoms with Crippen LogP contribution in [0.15, 0.2) is 60.9 Å². The van der Waals surface area contributed by atoms with E-state index in [0.717, 1.165) is 12.0 Å². The lowest BCUT2D eigenvalue weighted by Gasteiger charge is -2.29. The molecular formula is C23H19N5O2. The number of carbonyl (C=O) groups excluding carboxylic acids is 2. The molecule has 0 atom stereocenters. The summed E-state index contributed by atoms with van der Waals surface area (Å²) in [5, 5.41) is 11.5. The Bertz CT molecular complexity index is 1120. The number of fused-ring (bicyclic) bond motifs is 1. The van der Waals surface area contributed by atoms with Gasteiger partial charge in [0.2, 0.25) is 5.82 Å². The fourth-order valence-electron chi connectivity index (χ4n) is 3.40. The van der Waals surface area contributed by atoms with E-state index in [2.05, 4.69) is 27.4 Å². The number of nitrogens with zero attached hydrogens (tertiary/aromatic N) is 4. The molecule has 7 nitrogen and oxygen atoms in total. The maximum Gasteiger partial charge on any atom is 0.254 e. The summed E-state index contributed by atoms with van der Waals surface area (Å²) in [6.07, 6.45) is 3.50. The number of carbonyl (C=O) groups is 2. The average molecular weight is 397 g/mol. The third-order valence-electron chi connectivity index (χ3n) is 5.09.